The number of hydrogen-bond acceptors (Lipinski definition) is 3. The van der Waals surface area contributed by atoms with Crippen LogP contribution >= 0.6 is 11.8 Å². The lowest BCUT2D eigenvalue weighted by Crippen LogP contribution is -2.58. The molecule has 15 heavy (non-hydrogen) atoms. The molecule has 0 aliphatic carbocycles. The summed E-state index contributed by atoms with van der Waals surface area (Å²) in [5.41, 5.74) is 0. The Labute approximate surface area is 93.0 Å². The zero-order chi connectivity index (χ0) is 11.4. The maximum atomic E-state index is 11.7. The normalized spacial score (nSPS) is 39.2. The molecule has 1 amide bonds. The number of fused-ring (bicyclic) bond motifs is 1. The molecule has 0 spiro atoms. The average molecular weight is 229 g/mol. The second kappa shape index (κ2) is 3.14. The highest BCUT2D eigenvalue weighted by atomic mass is 32.2. The molecule has 5 heteroatoms. The van der Waals surface area contributed by atoms with Crippen LogP contribution in [0.1, 0.15) is 20.8 Å². The highest BCUT2D eigenvalue weighted by Gasteiger charge is 2.60. The van der Waals surface area contributed by atoms with E-state index in [2.05, 4.69) is 0 Å². The minimum absolute atomic E-state index is 0.0103. The molecule has 0 radical (unpaired) electrons. The van der Waals surface area contributed by atoms with Gasteiger partial charge in [-0.3, -0.25) is 9.59 Å². The molecule has 0 saturated carbocycles. The van der Waals surface area contributed by atoms with E-state index in [1.165, 1.54) is 11.8 Å². The summed E-state index contributed by atoms with van der Waals surface area (Å²) in [7, 11) is 0. The fourth-order valence-electron chi connectivity index (χ4n) is 2.22. The number of nitrogens with zero attached hydrogens (tertiary/aromatic N) is 1. The first-order valence-electron chi connectivity index (χ1n) is 5.08. The molecular formula is C10H15NO3S. The fraction of sp³-hybridized carbons (Fsp3) is 0.800. The summed E-state index contributed by atoms with van der Waals surface area (Å²) in [5.74, 6) is -0.400. The second-order valence-electron chi connectivity index (χ2n) is 4.78. The molecule has 2 fully saturated rings. The third-order valence-corrected chi connectivity index (χ3v) is 4.82. The van der Waals surface area contributed by atoms with E-state index in [1.807, 2.05) is 13.8 Å². The van der Waals surface area contributed by atoms with E-state index in [9.17, 15) is 9.59 Å². The zero-order valence-corrected chi connectivity index (χ0v) is 9.87. The first-order valence-corrected chi connectivity index (χ1v) is 5.96. The molecule has 0 aromatic carbocycles. The number of β-lactam (4-membered cyclic amide) rings is 1. The van der Waals surface area contributed by atoms with Crippen LogP contribution in [0, 0.1) is 11.8 Å². The van der Waals surface area contributed by atoms with Gasteiger partial charge in [0, 0.05) is 6.54 Å². The lowest BCUT2D eigenvalue weighted by molar-refractivity contribution is -0.153. The lowest BCUT2D eigenvalue weighted by Gasteiger charge is -2.43. The van der Waals surface area contributed by atoms with Gasteiger partial charge < -0.3 is 10.0 Å². The molecule has 4 nitrogen and oxygen atoms in total. The van der Waals surface area contributed by atoms with E-state index in [4.69, 9.17) is 5.11 Å². The number of carbonyl (C=O) groups excluding carboxylic acids is 1. The highest BCUT2D eigenvalue weighted by molar-refractivity contribution is 8.02. The number of hydrogen-bond donors (Lipinski definition) is 1. The van der Waals surface area contributed by atoms with Crippen molar-refractivity contribution in [1.29, 1.82) is 0 Å². The summed E-state index contributed by atoms with van der Waals surface area (Å²) in [4.78, 5) is 24.5. The number of carboxylic acid groups (broad SMARTS) is 1. The van der Waals surface area contributed by atoms with Crippen molar-refractivity contribution in [1.82, 2.24) is 4.90 Å². The van der Waals surface area contributed by atoms with Crippen LogP contribution in [-0.2, 0) is 9.59 Å². The standard InChI is InChI=1S/C10H15NO3S/c1-5(2)6-7(12)11-4-10(3,9(13)14)15-8(6)11/h5-6,8H,4H2,1-3H3,(H,13,14)/t6?,8-,10?/m1/s1. The van der Waals surface area contributed by atoms with Crippen molar-refractivity contribution < 1.29 is 14.7 Å². The molecule has 2 heterocycles. The van der Waals surface area contributed by atoms with Gasteiger partial charge in [0.15, 0.2) is 0 Å². The van der Waals surface area contributed by atoms with Gasteiger partial charge in [0.1, 0.15) is 4.75 Å². The van der Waals surface area contributed by atoms with Crippen molar-refractivity contribution in [2.45, 2.75) is 30.9 Å². The summed E-state index contributed by atoms with van der Waals surface area (Å²) < 4.78 is -0.816. The van der Waals surface area contributed by atoms with Gasteiger partial charge in [0.05, 0.1) is 11.3 Å². The molecule has 2 saturated heterocycles. The van der Waals surface area contributed by atoms with Crippen LogP contribution in [-0.4, -0.2) is 38.5 Å². The van der Waals surface area contributed by atoms with Crippen LogP contribution in [0.25, 0.3) is 0 Å². The van der Waals surface area contributed by atoms with Crippen molar-refractivity contribution in [3.63, 3.8) is 0 Å². The van der Waals surface area contributed by atoms with Crippen molar-refractivity contribution in [3.8, 4) is 0 Å². The largest absolute Gasteiger partial charge is 0.480 e. The summed E-state index contributed by atoms with van der Waals surface area (Å²) >= 11 is 1.42. The number of aliphatic carboxylic acids is 1. The molecule has 0 bridgehead atoms. The monoisotopic (exact) mass is 229 g/mol. The van der Waals surface area contributed by atoms with E-state index in [0.717, 1.165) is 0 Å². The number of carboxylic acids is 1. The van der Waals surface area contributed by atoms with Crippen LogP contribution in [0.15, 0.2) is 0 Å². The fourth-order valence-corrected chi connectivity index (χ4v) is 3.95. The van der Waals surface area contributed by atoms with Crippen LogP contribution in [0.5, 0.6) is 0 Å². The van der Waals surface area contributed by atoms with E-state index < -0.39 is 10.7 Å². The van der Waals surface area contributed by atoms with Gasteiger partial charge in [-0.2, -0.15) is 0 Å². The van der Waals surface area contributed by atoms with Gasteiger partial charge in [-0.15, -0.1) is 11.8 Å². The van der Waals surface area contributed by atoms with Crippen molar-refractivity contribution in [2.75, 3.05) is 6.54 Å². The summed E-state index contributed by atoms with van der Waals surface area (Å²) in [6.07, 6.45) is 0. The van der Waals surface area contributed by atoms with Gasteiger partial charge in [0.25, 0.3) is 0 Å². The third-order valence-electron chi connectivity index (χ3n) is 3.21. The van der Waals surface area contributed by atoms with Crippen LogP contribution in [0.3, 0.4) is 0 Å². The number of amides is 1. The smallest absolute Gasteiger partial charge is 0.321 e. The predicted molar refractivity (Wildman–Crippen MR) is 57.5 cm³/mol. The summed E-state index contributed by atoms with van der Waals surface area (Å²) in [5, 5.41) is 9.17. The molecule has 0 aromatic heterocycles. The zero-order valence-electron chi connectivity index (χ0n) is 9.06. The van der Waals surface area contributed by atoms with Gasteiger partial charge >= 0.3 is 5.97 Å². The topological polar surface area (TPSA) is 57.6 Å². The molecule has 2 rings (SSSR count). The first kappa shape index (κ1) is 10.8. The molecule has 2 aliphatic heterocycles. The molecular weight excluding hydrogens is 214 g/mol. The number of thioether (sulfide) groups is 1. The molecule has 2 unspecified atom stereocenters. The Morgan fingerprint density at radius 2 is 2.27 bits per heavy atom. The lowest BCUT2D eigenvalue weighted by atomic mass is 9.86. The Balaban J connectivity index is 2.16. The van der Waals surface area contributed by atoms with Crippen molar-refractivity contribution in [3.05, 3.63) is 0 Å². The highest BCUT2D eigenvalue weighted by Crippen LogP contribution is 2.51. The summed E-state index contributed by atoms with van der Waals surface area (Å²) in [6, 6.07) is 0. The minimum Gasteiger partial charge on any atom is -0.480 e. The number of carbonyl (C=O) groups is 2. The van der Waals surface area contributed by atoms with Gasteiger partial charge in [-0.05, 0) is 12.8 Å². The minimum atomic E-state index is -0.822. The molecule has 2 aliphatic rings. The van der Waals surface area contributed by atoms with Gasteiger partial charge in [-0.25, -0.2) is 0 Å². The van der Waals surface area contributed by atoms with Crippen molar-refractivity contribution >= 4 is 23.6 Å². The van der Waals surface area contributed by atoms with E-state index >= 15 is 0 Å². The maximum absolute atomic E-state index is 11.7. The van der Waals surface area contributed by atoms with Crippen LogP contribution in [0.2, 0.25) is 0 Å². The molecule has 84 valence electrons. The van der Waals surface area contributed by atoms with E-state index in [0.29, 0.717) is 12.5 Å². The average Bonchev–Trinajstić information content (AvgIpc) is 2.41. The predicted octanol–water partition coefficient (Wildman–Crippen LogP) is 1.02. The first-order chi connectivity index (χ1) is 6.87. The van der Waals surface area contributed by atoms with Crippen LogP contribution in [0.4, 0.5) is 0 Å². The molecule has 3 atom stereocenters. The molecule has 1 N–H and O–H groups in total. The van der Waals surface area contributed by atoms with E-state index in [1.54, 1.807) is 11.8 Å². The van der Waals surface area contributed by atoms with E-state index in [-0.39, 0.29) is 17.2 Å². The molecule has 0 aromatic rings. The van der Waals surface area contributed by atoms with Crippen molar-refractivity contribution in [2.24, 2.45) is 11.8 Å². The van der Waals surface area contributed by atoms with Gasteiger partial charge in [-0.1, -0.05) is 13.8 Å². The third kappa shape index (κ3) is 1.36. The number of rotatable bonds is 2. The Bertz CT molecular complexity index is 331. The van der Waals surface area contributed by atoms with Crippen LogP contribution < -0.4 is 0 Å². The summed E-state index contributed by atoms with van der Waals surface area (Å²) in [6.45, 7) is 6.07. The van der Waals surface area contributed by atoms with Gasteiger partial charge in [0.2, 0.25) is 5.91 Å². The SMILES string of the molecule is CC(C)C1C(=O)N2CC(C)(C(=O)O)S[C@H]12. The Morgan fingerprint density at radius 1 is 1.67 bits per heavy atom. The Morgan fingerprint density at radius 3 is 2.73 bits per heavy atom. The Kier molecular flexibility index (Phi) is 2.26. The quantitative estimate of drug-likeness (QED) is 0.718. The second-order valence-corrected chi connectivity index (χ2v) is 6.40. The Hall–Kier alpha value is -0.710. The maximum Gasteiger partial charge on any atom is 0.321 e.